The van der Waals surface area contributed by atoms with Crippen molar-refractivity contribution in [3.63, 3.8) is 0 Å². The summed E-state index contributed by atoms with van der Waals surface area (Å²) in [4.78, 5) is 11.9. The Hall–Kier alpha value is -2.29. The van der Waals surface area contributed by atoms with Crippen molar-refractivity contribution < 1.29 is 18.2 Å². The van der Waals surface area contributed by atoms with Crippen molar-refractivity contribution in [2.45, 2.75) is 25.3 Å². The minimum Gasteiger partial charge on any atom is -0.329 e. The molecule has 0 unspecified atom stereocenters. The average molecular weight is 390 g/mol. The molecule has 1 aliphatic heterocycles. The maximum absolute atomic E-state index is 12.9. The highest BCUT2D eigenvalue weighted by molar-refractivity contribution is 7.89. The van der Waals surface area contributed by atoms with Crippen molar-refractivity contribution in [1.82, 2.24) is 4.31 Å². The number of rotatable bonds is 5. The third kappa shape index (κ3) is 4.18. The van der Waals surface area contributed by atoms with Gasteiger partial charge in [0.15, 0.2) is 0 Å². The number of quaternary nitrogens is 1. The number of hydrogen-bond donors (Lipinski definition) is 1. The fourth-order valence-electron chi connectivity index (χ4n) is 3.39. The van der Waals surface area contributed by atoms with Gasteiger partial charge in [0.1, 0.15) is 6.54 Å². The molecule has 3 rings (SSSR count). The molecular formula is C19H24N3O4S+. The Morgan fingerprint density at radius 2 is 1.74 bits per heavy atom. The van der Waals surface area contributed by atoms with E-state index in [1.807, 2.05) is 12.1 Å². The Labute approximate surface area is 159 Å². The average Bonchev–Trinajstić information content (AvgIpc) is 2.64. The fraction of sp³-hybridized carbons (Fsp3) is 0.368. The number of nitrogens with zero attached hydrogens (tertiary/aromatic N) is 2. The summed E-state index contributed by atoms with van der Waals surface area (Å²) in [5.74, 6) is 0. The third-order valence-corrected chi connectivity index (χ3v) is 7.04. The first-order chi connectivity index (χ1) is 12.8. The number of benzene rings is 2. The maximum atomic E-state index is 12.9. The van der Waals surface area contributed by atoms with Crippen LogP contribution in [0.5, 0.6) is 0 Å². The fourth-order valence-corrected chi connectivity index (χ4v) is 4.85. The highest BCUT2D eigenvalue weighted by atomic mass is 32.2. The van der Waals surface area contributed by atoms with Gasteiger partial charge in [0.05, 0.1) is 36.0 Å². The van der Waals surface area contributed by atoms with Crippen molar-refractivity contribution in [3.8, 4) is 0 Å². The number of sulfonamides is 1. The van der Waals surface area contributed by atoms with E-state index in [9.17, 15) is 18.5 Å². The predicted octanol–water partition coefficient (Wildman–Crippen LogP) is 1.30. The summed E-state index contributed by atoms with van der Waals surface area (Å²) in [6.45, 7) is 6.79. The lowest BCUT2D eigenvalue weighted by molar-refractivity contribution is -0.917. The van der Waals surface area contributed by atoms with Crippen LogP contribution in [0.2, 0.25) is 0 Å². The number of nitro groups is 1. The zero-order valence-electron chi connectivity index (χ0n) is 15.5. The summed E-state index contributed by atoms with van der Waals surface area (Å²) in [5.41, 5.74) is 2.80. The summed E-state index contributed by atoms with van der Waals surface area (Å²) in [6.07, 6.45) is 0. The minimum absolute atomic E-state index is 0.0119. The van der Waals surface area contributed by atoms with Gasteiger partial charge >= 0.3 is 0 Å². The van der Waals surface area contributed by atoms with Crippen molar-refractivity contribution in [1.29, 1.82) is 0 Å². The Balaban J connectivity index is 1.71. The molecule has 1 N–H and O–H groups in total. The van der Waals surface area contributed by atoms with Gasteiger partial charge in [-0.3, -0.25) is 10.1 Å². The summed E-state index contributed by atoms with van der Waals surface area (Å²) in [7, 11) is -3.72. The number of piperazine rings is 1. The molecule has 0 radical (unpaired) electrons. The van der Waals surface area contributed by atoms with Crippen LogP contribution < -0.4 is 4.90 Å². The van der Waals surface area contributed by atoms with Gasteiger partial charge in [-0.15, -0.1) is 0 Å². The molecule has 7 nitrogen and oxygen atoms in total. The molecule has 27 heavy (non-hydrogen) atoms. The molecule has 2 aromatic rings. The van der Waals surface area contributed by atoms with Crippen LogP contribution in [-0.4, -0.2) is 43.8 Å². The molecule has 144 valence electrons. The summed E-state index contributed by atoms with van der Waals surface area (Å²) >= 11 is 0. The van der Waals surface area contributed by atoms with Crippen molar-refractivity contribution in [2.75, 3.05) is 26.2 Å². The molecule has 8 heteroatoms. The van der Waals surface area contributed by atoms with E-state index in [1.165, 1.54) is 32.5 Å². The smallest absolute Gasteiger partial charge is 0.273 e. The molecule has 0 saturated carbocycles. The van der Waals surface area contributed by atoms with Gasteiger partial charge in [0.25, 0.3) is 5.69 Å². The summed E-state index contributed by atoms with van der Waals surface area (Å²) < 4.78 is 27.2. The molecule has 1 fully saturated rings. The third-order valence-electron chi connectivity index (χ3n) is 5.15. The lowest BCUT2D eigenvalue weighted by Gasteiger charge is -2.31. The second-order valence-electron chi connectivity index (χ2n) is 6.96. The second-order valence-corrected chi connectivity index (χ2v) is 8.90. The van der Waals surface area contributed by atoms with Crippen LogP contribution in [0, 0.1) is 24.0 Å². The molecule has 2 aromatic carbocycles. The molecule has 0 atom stereocenters. The zero-order valence-corrected chi connectivity index (χ0v) is 16.3. The highest BCUT2D eigenvalue weighted by Crippen LogP contribution is 2.24. The second kappa shape index (κ2) is 7.75. The van der Waals surface area contributed by atoms with E-state index in [-0.39, 0.29) is 10.6 Å². The van der Waals surface area contributed by atoms with E-state index >= 15 is 0 Å². The molecule has 0 aromatic heterocycles. The normalized spacial score (nSPS) is 16.4. The van der Waals surface area contributed by atoms with Crippen LogP contribution in [0.25, 0.3) is 0 Å². The molecule has 1 heterocycles. The monoisotopic (exact) mass is 390 g/mol. The Morgan fingerprint density at radius 1 is 1.07 bits per heavy atom. The number of nitro benzene ring substituents is 1. The Morgan fingerprint density at radius 3 is 2.37 bits per heavy atom. The van der Waals surface area contributed by atoms with E-state index in [2.05, 4.69) is 19.1 Å². The van der Waals surface area contributed by atoms with E-state index in [1.54, 1.807) is 6.92 Å². The van der Waals surface area contributed by atoms with Crippen LogP contribution >= 0.6 is 0 Å². The van der Waals surface area contributed by atoms with Crippen LogP contribution in [0.1, 0.15) is 16.7 Å². The molecule has 0 amide bonds. The van der Waals surface area contributed by atoms with Crippen LogP contribution in [-0.2, 0) is 16.6 Å². The number of nitrogens with one attached hydrogen (secondary N) is 1. The lowest BCUT2D eigenvalue weighted by atomic mass is 10.1. The van der Waals surface area contributed by atoms with E-state index < -0.39 is 14.9 Å². The largest absolute Gasteiger partial charge is 0.329 e. The van der Waals surface area contributed by atoms with Gasteiger partial charge in [-0.2, -0.15) is 4.31 Å². The number of aryl methyl sites for hydroxylation is 2. The van der Waals surface area contributed by atoms with E-state index in [0.717, 1.165) is 12.6 Å². The molecule has 0 bridgehead atoms. The van der Waals surface area contributed by atoms with Gasteiger partial charge in [0, 0.05) is 17.2 Å². The first kappa shape index (κ1) is 19.5. The Bertz CT molecular complexity index is 951. The van der Waals surface area contributed by atoms with Crippen molar-refractivity contribution >= 4 is 15.7 Å². The van der Waals surface area contributed by atoms with E-state index in [4.69, 9.17) is 0 Å². The van der Waals surface area contributed by atoms with Gasteiger partial charge in [-0.05, 0) is 25.5 Å². The van der Waals surface area contributed by atoms with Gasteiger partial charge in [0.2, 0.25) is 10.0 Å². The van der Waals surface area contributed by atoms with Crippen molar-refractivity contribution in [3.05, 3.63) is 69.3 Å². The summed E-state index contributed by atoms with van der Waals surface area (Å²) in [5, 5.41) is 11.1. The Kier molecular flexibility index (Phi) is 5.59. The lowest BCUT2D eigenvalue weighted by Crippen LogP contribution is -3.13. The highest BCUT2D eigenvalue weighted by Gasteiger charge is 2.31. The number of hydrogen-bond acceptors (Lipinski definition) is 4. The van der Waals surface area contributed by atoms with E-state index in [0.29, 0.717) is 31.7 Å². The van der Waals surface area contributed by atoms with Gasteiger partial charge < -0.3 is 4.90 Å². The van der Waals surface area contributed by atoms with Gasteiger partial charge in [-0.25, -0.2) is 8.42 Å². The molecule has 0 aliphatic carbocycles. The molecular weight excluding hydrogens is 366 g/mol. The van der Waals surface area contributed by atoms with Crippen LogP contribution in [0.3, 0.4) is 0 Å². The zero-order chi connectivity index (χ0) is 19.6. The SMILES string of the molecule is Cc1ccccc1C[NH+]1CCN(S(=O)(=O)c2ccc(C)c([N+](=O)[O-])c2)CC1. The first-order valence-corrected chi connectivity index (χ1v) is 10.4. The predicted molar refractivity (Wildman–Crippen MR) is 102 cm³/mol. The van der Waals surface area contributed by atoms with Gasteiger partial charge in [-0.1, -0.05) is 30.3 Å². The maximum Gasteiger partial charge on any atom is 0.273 e. The minimum atomic E-state index is -3.72. The van der Waals surface area contributed by atoms with Crippen LogP contribution in [0.15, 0.2) is 47.4 Å². The quantitative estimate of drug-likeness (QED) is 0.616. The topological polar surface area (TPSA) is 85.0 Å². The van der Waals surface area contributed by atoms with Crippen molar-refractivity contribution in [2.24, 2.45) is 0 Å². The molecule has 0 spiro atoms. The first-order valence-electron chi connectivity index (χ1n) is 8.92. The standard InChI is InChI=1S/C19H23N3O4S/c1-15-5-3-4-6-17(15)14-20-9-11-21(12-10-20)27(25,26)18-8-7-16(2)19(13-18)22(23)24/h3-8,13H,9-12,14H2,1-2H3/p+1. The molecule has 1 aliphatic rings. The van der Waals surface area contributed by atoms with Crippen LogP contribution in [0.4, 0.5) is 5.69 Å². The summed E-state index contributed by atoms with van der Waals surface area (Å²) in [6, 6.07) is 12.3. The molecule has 1 saturated heterocycles.